The van der Waals surface area contributed by atoms with Gasteiger partial charge in [-0.2, -0.15) is 0 Å². The third kappa shape index (κ3) is 8.88. The van der Waals surface area contributed by atoms with Crippen LogP contribution in [0.1, 0.15) is 84.5 Å². The number of carbonyl (C=O) groups excluding carboxylic acids is 4. The number of nitrogens with zero attached hydrogens (tertiary/aromatic N) is 5. The van der Waals surface area contributed by atoms with E-state index < -0.39 is 41.5 Å². The molecule has 15 heteroatoms. The molecule has 2 fully saturated rings. The topological polar surface area (TPSA) is 172 Å². The van der Waals surface area contributed by atoms with Crippen molar-refractivity contribution < 1.29 is 32.9 Å². The van der Waals surface area contributed by atoms with E-state index in [1.165, 1.54) is 25.4 Å². The van der Waals surface area contributed by atoms with E-state index in [9.17, 15) is 19.2 Å². The molecule has 0 unspecified atom stereocenters. The predicted octanol–water partition coefficient (Wildman–Crippen LogP) is 3.41. The Hall–Kier alpha value is -4.92. The zero-order chi connectivity index (χ0) is 36.7. The highest BCUT2D eigenvalue weighted by Gasteiger charge is 2.36. The molecule has 3 N–H and O–H groups in total. The first-order valence-electron chi connectivity index (χ1n) is 17.5. The van der Waals surface area contributed by atoms with Crippen molar-refractivity contribution >= 4 is 29.3 Å². The van der Waals surface area contributed by atoms with Crippen molar-refractivity contribution in [3.05, 3.63) is 64.9 Å². The van der Waals surface area contributed by atoms with Crippen LogP contribution in [0, 0.1) is 17.7 Å². The molecule has 4 amide bonds. The number of benzene rings is 1. The molecule has 1 aliphatic carbocycles. The number of methoxy groups -OCH3 is 1. The van der Waals surface area contributed by atoms with Crippen molar-refractivity contribution in [3.63, 3.8) is 0 Å². The lowest BCUT2D eigenvalue weighted by Crippen LogP contribution is -2.55. The minimum Gasteiger partial charge on any atom is -0.480 e. The van der Waals surface area contributed by atoms with E-state index >= 15 is 4.39 Å². The summed E-state index contributed by atoms with van der Waals surface area (Å²) in [6.07, 6.45) is 5.15. The minimum atomic E-state index is -1.04. The van der Waals surface area contributed by atoms with Crippen LogP contribution < -0.4 is 20.7 Å². The summed E-state index contributed by atoms with van der Waals surface area (Å²) in [6, 6.07) is 5.46. The monoisotopic (exact) mass is 706 g/mol. The van der Waals surface area contributed by atoms with Crippen molar-refractivity contribution in [3.8, 4) is 5.88 Å². The van der Waals surface area contributed by atoms with Gasteiger partial charge < -0.3 is 30.5 Å². The van der Waals surface area contributed by atoms with Gasteiger partial charge in [0.05, 0.1) is 12.8 Å². The van der Waals surface area contributed by atoms with Crippen molar-refractivity contribution in [2.45, 2.75) is 70.9 Å². The van der Waals surface area contributed by atoms with Crippen LogP contribution in [0.2, 0.25) is 0 Å². The maximum absolute atomic E-state index is 15.9. The van der Waals surface area contributed by atoms with Gasteiger partial charge in [0.15, 0.2) is 5.69 Å². The molecule has 14 nitrogen and oxygen atoms in total. The first-order chi connectivity index (χ1) is 24.5. The fourth-order valence-electron chi connectivity index (χ4n) is 6.73. The Morgan fingerprint density at radius 2 is 1.75 bits per heavy atom. The van der Waals surface area contributed by atoms with E-state index in [-0.39, 0.29) is 34.6 Å². The average molecular weight is 707 g/mol. The van der Waals surface area contributed by atoms with Crippen LogP contribution in [0.4, 0.5) is 10.1 Å². The molecule has 1 saturated heterocycles. The molecule has 1 aliphatic heterocycles. The second-order valence-electron chi connectivity index (χ2n) is 13.5. The van der Waals surface area contributed by atoms with Crippen LogP contribution in [0.25, 0.3) is 0 Å². The zero-order valence-corrected chi connectivity index (χ0v) is 29.8. The number of amides is 4. The van der Waals surface area contributed by atoms with Gasteiger partial charge in [-0.1, -0.05) is 44.8 Å². The Labute approximate surface area is 296 Å². The molecule has 3 aromatic rings. The second-order valence-corrected chi connectivity index (χ2v) is 13.5. The van der Waals surface area contributed by atoms with E-state index in [0.29, 0.717) is 49.8 Å². The van der Waals surface area contributed by atoms with Crippen LogP contribution in [-0.4, -0.2) is 101 Å². The van der Waals surface area contributed by atoms with Crippen molar-refractivity contribution in [2.75, 3.05) is 45.7 Å². The van der Waals surface area contributed by atoms with Gasteiger partial charge in [-0.15, -0.1) is 0 Å². The zero-order valence-electron chi connectivity index (χ0n) is 29.8. The number of nitrogens with one attached hydrogen (secondary N) is 3. The van der Waals surface area contributed by atoms with Gasteiger partial charge in [0.2, 0.25) is 17.7 Å². The maximum atomic E-state index is 15.9. The highest BCUT2D eigenvalue weighted by molar-refractivity contribution is 6.01. The van der Waals surface area contributed by atoms with Crippen LogP contribution in [0.15, 0.2) is 41.2 Å². The molecule has 0 spiro atoms. The van der Waals surface area contributed by atoms with E-state index in [1.807, 2.05) is 14.0 Å². The number of likely N-dealkylation sites (N-methyl/N-ethyl adjacent to an activating group) is 1. The molecule has 3 atom stereocenters. The molecule has 0 radical (unpaired) electrons. The van der Waals surface area contributed by atoms with Crippen molar-refractivity contribution in [2.24, 2.45) is 11.8 Å². The number of hydrogen-bond acceptors (Lipinski definition) is 10. The number of aryl methyl sites for hydroxylation is 1. The van der Waals surface area contributed by atoms with E-state index in [4.69, 9.17) is 9.37 Å². The first-order valence-corrected chi connectivity index (χ1v) is 17.5. The van der Waals surface area contributed by atoms with E-state index in [2.05, 4.69) is 43.1 Å². The Balaban J connectivity index is 1.36. The smallest absolute Gasteiger partial charge is 0.276 e. The van der Waals surface area contributed by atoms with Gasteiger partial charge in [-0.3, -0.25) is 19.2 Å². The Morgan fingerprint density at radius 3 is 2.41 bits per heavy atom. The molecular weight excluding hydrogens is 659 g/mol. The van der Waals surface area contributed by atoms with Crippen LogP contribution >= 0.6 is 0 Å². The summed E-state index contributed by atoms with van der Waals surface area (Å²) in [6.45, 7) is 8.02. The molecule has 5 rings (SSSR count). The summed E-state index contributed by atoms with van der Waals surface area (Å²) < 4.78 is 25.9. The summed E-state index contributed by atoms with van der Waals surface area (Å²) in [5, 5.41) is 15.9. The summed E-state index contributed by atoms with van der Waals surface area (Å²) in [5.74, 6) is -2.93. The van der Waals surface area contributed by atoms with E-state index in [0.717, 1.165) is 25.7 Å². The average Bonchev–Trinajstić information content (AvgIpc) is 3.63. The Kier molecular flexibility index (Phi) is 12.3. The standard InChI is InChI=1S/C36H47FN8O6/c1-6-27-31(43-51-42-27)34(48)41-30(23-11-9-21(2)10-12-23)33(47)39-28-14-13-24(20-26(28)37)22(3)29(36(49)45-18-16-44(4)17-19-45)40-32(46)25-8-7-15-38-35(25)50-5/h7-8,13-15,20-23,29-30H,6,9-12,16-19H2,1-5H3,(H,39,47)(H,40,46)(H,41,48)/t21?,22-,23?,29+,30-/m0/s1. The van der Waals surface area contributed by atoms with Crippen LogP contribution in [-0.2, 0) is 16.0 Å². The van der Waals surface area contributed by atoms with Gasteiger partial charge in [0.1, 0.15) is 29.2 Å². The molecule has 2 aromatic heterocycles. The van der Waals surface area contributed by atoms with E-state index in [1.54, 1.807) is 30.0 Å². The quantitative estimate of drug-likeness (QED) is 0.254. The van der Waals surface area contributed by atoms with Crippen LogP contribution in [0.5, 0.6) is 5.88 Å². The lowest BCUT2D eigenvalue weighted by molar-refractivity contribution is -0.135. The molecule has 51 heavy (non-hydrogen) atoms. The minimum absolute atomic E-state index is 0.0127. The van der Waals surface area contributed by atoms with Gasteiger partial charge in [0, 0.05) is 38.3 Å². The lowest BCUT2D eigenvalue weighted by atomic mass is 9.79. The number of aromatic nitrogens is 3. The number of hydrogen-bond donors (Lipinski definition) is 3. The molecule has 1 aromatic carbocycles. The molecule has 0 bridgehead atoms. The molecule has 2 aliphatic rings. The van der Waals surface area contributed by atoms with Gasteiger partial charge in [-0.05, 0) is 73.1 Å². The van der Waals surface area contributed by atoms with Gasteiger partial charge in [-0.25, -0.2) is 14.0 Å². The van der Waals surface area contributed by atoms with Crippen molar-refractivity contribution in [1.82, 2.24) is 35.7 Å². The van der Waals surface area contributed by atoms with Gasteiger partial charge >= 0.3 is 0 Å². The number of rotatable bonds is 12. The summed E-state index contributed by atoms with van der Waals surface area (Å²) >= 11 is 0. The Bertz CT molecular complexity index is 1700. The number of halogens is 1. The second kappa shape index (κ2) is 16.9. The highest BCUT2D eigenvalue weighted by Crippen LogP contribution is 2.32. The molecule has 3 heterocycles. The third-order valence-electron chi connectivity index (χ3n) is 10.1. The highest BCUT2D eigenvalue weighted by atomic mass is 19.1. The predicted molar refractivity (Wildman–Crippen MR) is 186 cm³/mol. The normalized spacial score (nSPS) is 19.8. The largest absolute Gasteiger partial charge is 0.480 e. The fraction of sp³-hybridized carbons (Fsp3) is 0.528. The molecule has 1 saturated carbocycles. The number of ether oxygens (including phenoxy) is 1. The van der Waals surface area contributed by atoms with Gasteiger partial charge in [0.25, 0.3) is 11.8 Å². The Morgan fingerprint density at radius 1 is 1.02 bits per heavy atom. The summed E-state index contributed by atoms with van der Waals surface area (Å²) in [5.41, 5.74) is 0.905. The number of anilines is 1. The lowest BCUT2D eigenvalue weighted by Gasteiger charge is -2.36. The first kappa shape index (κ1) is 37.3. The van der Waals surface area contributed by atoms with Crippen LogP contribution in [0.3, 0.4) is 0 Å². The fourth-order valence-corrected chi connectivity index (χ4v) is 6.73. The summed E-state index contributed by atoms with van der Waals surface area (Å²) in [4.78, 5) is 62.3. The molecular formula is C36H47FN8O6. The molecule has 274 valence electrons. The number of piperazine rings is 1. The number of carbonyl (C=O) groups is 4. The number of pyridine rings is 1. The maximum Gasteiger partial charge on any atom is 0.276 e. The SMILES string of the molecule is CCc1nonc1C(=O)N[C@H](C(=O)Nc1ccc([C@H](C)[C@@H](NC(=O)c2cccnc2OC)C(=O)N2CCN(C)CC2)cc1F)C1CCC(C)CC1. The summed E-state index contributed by atoms with van der Waals surface area (Å²) in [7, 11) is 3.38. The van der Waals surface area contributed by atoms with Crippen molar-refractivity contribution in [1.29, 1.82) is 0 Å². The third-order valence-corrected chi connectivity index (χ3v) is 10.1.